The summed E-state index contributed by atoms with van der Waals surface area (Å²) in [7, 11) is 0. The molecule has 1 heterocycles. The number of hydrogen-bond donors (Lipinski definition) is 0. The van der Waals surface area contributed by atoms with Crippen molar-refractivity contribution in [2.75, 3.05) is 0 Å². The molecule has 0 radical (unpaired) electrons. The molecule has 1 unspecified atom stereocenters. The molecule has 19 heavy (non-hydrogen) atoms. The van der Waals surface area contributed by atoms with E-state index in [1.54, 1.807) is 12.4 Å². The lowest BCUT2D eigenvalue weighted by Gasteiger charge is -2.26. The number of carbonyl (C=O) groups excluding carboxylic acids is 1. The number of carbonyl (C=O) groups is 1. The summed E-state index contributed by atoms with van der Waals surface area (Å²) in [6, 6.07) is 7.92. The van der Waals surface area contributed by atoms with Crippen molar-refractivity contribution in [3.05, 3.63) is 42.2 Å². The molecule has 2 heteroatoms. The Hall–Kier alpha value is -1.70. The molecule has 0 bridgehead atoms. The molecule has 0 amide bonds. The molecule has 0 saturated heterocycles. The van der Waals surface area contributed by atoms with Crippen molar-refractivity contribution < 1.29 is 4.79 Å². The van der Waals surface area contributed by atoms with E-state index in [0.717, 1.165) is 16.3 Å². The lowest BCUT2D eigenvalue weighted by molar-refractivity contribution is 0.0928. The van der Waals surface area contributed by atoms with Crippen molar-refractivity contribution in [2.24, 2.45) is 11.3 Å². The smallest absolute Gasteiger partial charge is 0.165 e. The van der Waals surface area contributed by atoms with Crippen molar-refractivity contribution in [1.82, 2.24) is 4.98 Å². The summed E-state index contributed by atoms with van der Waals surface area (Å²) < 4.78 is 0. The number of nitrogens with zero attached hydrogens (tertiary/aromatic N) is 1. The molecule has 0 N–H and O–H groups in total. The first kappa shape index (κ1) is 13.7. The predicted octanol–water partition coefficient (Wildman–Crippen LogP) is 4.49. The maximum Gasteiger partial charge on any atom is 0.165 e. The summed E-state index contributed by atoms with van der Waals surface area (Å²) in [5.41, 5.74) is 0.891. The Morgan fingerprint density at radius 1 is 1.21 bits per heavy atom. The van der Waals surface area contributed by atoms with E-state index in [0.29, 0.717) is 12.3 Å². The standard InChI is InChI=1S/C17H21NO/c1-12(17(2,3)4)9-16(19)15-11-18-10-13-7-5-6-8-14(13)15/h5-8,10-12H,9H2,1-4H3. The van der Waals surface area contributed by atoms with Gasteiger partial charge in [0.1, 0.15) is 0 Å². The van der Waals surface area contributed by atoms with Crippen molar-refractivity contribution in [3.63, 3.8) is 0 Å². The second kappa shape index (κ2) is 5.12. The van der Waals surface area contributed by atoms with Gasteiger partial charge >= 0.3 is 0 Å². The quantitative estimate of drug-likeness (QED) is 0.756. The summed E-state index contributed by atoms with van der Waals surface area (Å²) in [6.07, 6.45) is 4.07. The lowest BCUT2D eigenvalue weighted by atomic mass is 9.78. The van der Waals surface area contributed by atoms with Crippen molar-refractivity contribution in [2.45, 2.75) is 34.1 Å². The highest BCUT2D eigenvalue weighted by Gasteiger charge is 2.23. The topological polar surface area (TPSA) is 30.0 Å². The van der Waals surface area contributed by atoms with Gasteiger partial charge in [0, 0.05) is 29.8 Å². The van der Waals surface area contributed by atoms with Crippen molar-refractivity contribution >= 4 is 16.6 Å². The molecule has 2 nitrogen and oxygen atoms in total. The molecule has 0 saturated carbocycles. The Bertz CT molecular complexity index is 590. The van der Waals surface area contributed by atoms with Crippen LogP contribution in [0.15, 0.2) is 36.7 Å². The summed E-state index contributed by atoms with van der Waals surface area (Å²) in [6.45, 7) is 8.65. The SMILES string of the molecule is CC(CC(=O)c1cncc2ccccc12)C(C)(C)C. The maximum absolute atomic E-state index is 12.5. The second-order valence-corrected chi connectivity index (χ2v) is 6.30. The Balaban J connectivity index is 2.32. The normalized spacial score (nSPS) is 13.5. The number of fused-ring (bicyclic) bond motifs is 1. The first-order valence-corrected chi connectivity index (χ1v) is 6.75. The van der Waals surface area contributed by atoms with Gasteiger partial charge in [-0.2, -0.15) is 0 Å². The van der Waals surface area contributed by atoms with Crippen LogP contribution in [0, 0.1) is 11.3 Å². The highest BCUT2D eigenvalue weighted by atomic mass is 16.1. The van der Waals surface area contributed by atoms with Crippen LogP contribution >= 0.6 is 0 Å². The van der Waals surface area contributed by atoms with E-state index in [9.17, 15) is 4.79 Å². The monoisotopic (exact) mass is 255 g/mol. The fourth-order valence-electron chi connectivity index (χ4n) is 2.03. The average Bonchev–Trinajstić information content (AvgIpc) is 2.36. The van der Waals surface area contributed by atoms with Crippen molar-refractivity contribution in [3.8, 4) is 0 Å². The molecular formula is C17H21NO. The number of Topliss-reactive ketones (excluding diaryl/α,β-unsaturated/α-hetero) is 1. The average molecular weight is 255 g/mol. The van der Waals surface area contributed by atoms with Gasteiger partial charge in [-0.3, -0.25) is 9.78 Å². The predicted molar refractivity (Wildman–Crippen MR) is 79.3 cm³/mol. The van der Waals surface area contributed by atoms with Gasteiger partial charge < -0.3 is 0 Å². The molecule has 0 spiro atoms. The molecule has 2 aromatic rings. The van der Waals surface area contributed by atoms with Gasteiger partial charge in [-0.1, -0.05) is 52.0 Å². The molecule has 0 aliphatic rings. The van der Waals surface area contributed by atoms with Gasteiger partial charge in [0.15, 0.2) is 5.78 Å². The molecule has 1 aromatic carbocycles. The third kappa shape index (κ3) is 3.01. The summed E-state index contributed by atoms with van der Waals surface area (Å²) in [5.74, 6) is 0.533. The number of rotatable bonds is 3. The molecular weight excluding hydrogens is 234 g/mol. The zero-order chi connectivity index (χ0) is 14.0. The Morgan fingerprint density at radius 3 is 2.58 bits per heavy atom. The third-order valence-electron chi connectivity index (χ3n) is 3.94. The molecule has 1 atom stereocenters. The Kier molecular flexibility index (Phi) is 3.70. The number of pyridine rings is 1. The number of hydrogen-bond acceptors (Lipinski definition) is 2. The lowest BCUT2D eigenvalue weighted by Crippen LogP contribution is -2.20. The van der Waals surface area contributed by atoms with Crippen LogP contribution in [0.4, 0.5) is 0 Å². The first-order valence-electron chi connectivity index (χ1n) is 6.75. The van der Waals surface area contributed by atoms with Gasteiger partial charge in [-0.15, -0.1) is 0 Å². The van der Waals surface area contributed by atoms with Gasteiger partial charge in [0.2, 0.25) is 0 Å². The van der Waals surface area contributed by atoms with Gasteiger partial charge in [-0.05, 0) is 16.7 Å². The van der Waals surface area contributed by atoms with Crippen LogP contribution in [0.1, 0.15) is 44.5 Å². The van der Waals surface area contributed by atoms with Crippen LogP contribution in [-0.2, 0) is 0 Å². The minimum absolute atomic E-state index is 0.147. The number of benzene rings is 1. The maximum atomic E-state index is 12.5. The minimum atomic E-state index is 0.147. The summed E-state index contributed by atoms with van der Waals surface area (Å²) >= 11 is 0. The van der Waals surface area contributed by atoms with Gasteiger partial charge in [0.25, 0.3) is 0 Å². The van der Waals surface area contributed by atoms with Crippen LogP contribution < -0.4 is 0 Å². The van der Waals surface area contributed by atoms with Crippen LogP contribution in [0.5, 0.6) is 0 Å². The molecule has 0 aliphatic heterocycles. The van der Waals surface area contributed by atoms with E-state index >= 15 is 0 Å². The zero-order valence-electron chi connectivity index (χ0n) is 12.1. The van der Waals surface area contributed by atoms with E-state index in [4.69, 9.17) is 0 Å². The minimum Gasteiger partial charge on any atom is -0.294 e. The van der Waals surface area contributed by atoms with E-state index < -0.39 is 0 Å². The van der Waals surface area contributed by atoms with E-state index in [2.05, 4.69) is 32.7 Å². The van der Waals surface area contributed by atoms with E-state index in [1.807, 2.05) is 24.3 Å². The molecule has 0 fully saturated rings. The third-order valence-corrected chi connectivity index (χ3v) is 3.94. The number of ketones is 1. The highest BCUT2D eigenvalue weighted by molar-refractivity contribution is 6.07. The van der Waals surface area contributed by atoms with Crippen molar-refractivity contribution in [1.29, 1.82) is 0 Å². The largest absolute Gasteiger partial charge is 0.294 e. The molecule has 0 aliphatic carbocycles. The Labute approximate surface area is 114 Å². The molecule has 100 valence electrons. The molecule has 1 aromatic heterocycles. The first-order chi connectivity index (χ1) is 8.89. The van der Waals surface area contributed by atoms with Crippen LogP contribution in [0.2, 0.25) is 0 Å². The van der Waals surface area contributed by atoms with Gasteiger partial charge in [0.05, 0.1) is 0 Å². The Morgan fingerprint density at radius 2 is 1.89 bits per heavy atom. The van der Waals surface area contributed by atoms with E-state index in [1.165, 1.54) is 0 Å². The fraction of sp³-hybridized carbons (Fsp3) is 0.412. The number of aromatic nitrogens is 1. The van der Waals surface area contributed by atoms with Crippen LogP contribution in [0.25, 0.3) is 10.8 Å². The van der Waals surface area contributed by atoms with E-state index in [-0.39, 0.29) is 11.2 Å². The fourth-order valence-corrected chi connectivity index (χ4v) is 2.03. The highest BCUT2D eigenvalue weighted by Crippen LogP contribution is 2.30. The van der Waals surface area contributed by atoms with Gasteiger partial charge in [-0.25, -0.2) is 0 Å². The summed E-state index contributed by atoms with van der Waals surface area (Å²) in [5, 5.41) is 2.03. The zero-order valence-corrected chi connectivity index (χ0v) is 12.1. The van der Waals surface area contributed by atoms with Crippen LogP contribution in [0.3, 0.4) is 0 Å². The second-order valence-electron chi connectivity index (χ2n) is 6.30. The summed E-state index contributed by atoms with van der Waals surface area (Å²) in [4.78, 5) is 16.7. The molecule has 2 rings (SSSR count). The van der Waals surface area contributed by atoms with Crippen LogP contribution in [-0.4, -0.2) is 10.8 Å².